The Hall–Kier alpha value is -1.16. The largest absolute Gasteiger partial charge is 0.316 e. The van der Waals surface area contributed by atoms with Crippen LogP contribution in [0.5, 0.6) is 0 Å². The lowest BCUT2D eigenvalue weighted by atomic mass is 10.1. The van der Waals surface area contributed by atoms with Gasteiger partial charge in [-0.25, -0.2) is 0 Å². The van der Waals surface area contributed by atoms with Crippen molar-refractivity contribution in [2.24, 2.45) is 5.92 Å². The number of imide groups is 1. The van der Waals surface area contributed by atoms with Gasteiger partial charge in [0.2, 0.25) is 11.8 Å². The van der Waals surface area contributed by atoms with Crippen molar-refractivity contribution in [3.63, 3.8) is 0 Å². The molecule has 4 heteroatoms. The van der Waals surface area contributed by atoms with E-state index in [0.717, 1.165) is 19.0 Å². The third-order valence-electron chi connectivity index (χ3n) is 1.86. The molecule has 0 unspecified atom stereocenters. The second kappa shape index (κ2) is 4.01. The molecule has 1 heterocycles. The number of carbonyl (C=O) groups excluding carboxylic acids is 2. The zero-order valence-corrected chi connectivity index (χ0v) is 6.80. The number of amides is 2. The van der Waals surface area contributed by atoms with Gasteiger partial charge in [-0.3, -0.25) is 14.9 Å². The monoisotopic (exact) mass is 168 g/mol. The molecular formula is C8H12N2O2. The van der Waals surface area contributed by atoms with Crippen LogP contribution in [0.25, 0.3) is 0 Å². The molecule has 0 spiro atoms. The quantitative estimate of drug-likeness (QED) is 0.543. The van der Waals surface area contributed by atoms with Gasteiger partial charge >= 0.3 is 0 Å². The van der Waals surface area contributed by atoms with E-state index in [-0.39, 0.29) is 11.8 Å². The van der Waals surface area contributed by atoms with Crippen molar-refractivity contribution in [2.75, 3.05) is 13.1 Å². The van der Waals surface area contributed by atoms with Crippen LogP contribution >= 0.6 is 0 Å². The average molecular weight is 168 g/mol. The van der Waals surface area contributed by atoms with Gasteiger partial charge in [0.05, 0.1) is 5.92 Å². The van der Waals surface area contributed by atoms with E-state index < -0.39 is 5.91 Å². The standard InChI is InChI=1S/C8H12N2O2/c1-2-7(11)10-8(12)6-3-4-9-5-6/h2,6,9H,1,3-5H2,(H,10,11,12)/t6-/m0/s1. The van der Waals surface area contributed by atoms with E-state index in [1.807, 2.05) is 0 Å². The van der Waals surface area contributed by atoms with Gasteiger partial charge in [0, 0.05) is 6.54 Å². The van der Waals surface area contributed by atoms with Crippen LogP contribution in [0.2, 0.25) is 0 Å². The summed E-state index contributed by atoms with van der Waals surface area (Å²) >= 11 is 0. The number of carbonyl (C=O) groups is 2. The van der Waals surface area contributed by atoms with E-state index >= 15 is 0 Å². The van der Waals surface area contributed by atoms with Crippen molar-refractivity contribution in [3.05, 3.63) is 12.7 Å². The average Bonchev–Trinajstić information content (AvgIpc) is 2.56. The highest BCUT2D eigenvalue weighted by molar-refractivity contribution is 6.01. The van der Waals surface area contributed by atoms with Gasteiger partial charge in [0.1, 0.15) is 0 Å². The van der Waals surface area contributed by atoms with E-state index in [1.54, 1.807) is 0 Å². The predicted octanol–water partition coefficient (Wildman–Crippen LogP) is -0.575. The zero-order valence-electron chi connectivity index (χ0n) is 6.80. The molecule has 0 saturated carbocycles. The van der Waals surface area contributed by atoms with Gasteiger partial charge in [-0.2, -0.15) is 0 Å². The van der Waals surface area contributed by atoms with E-state index in [2.05, 4.69) is 17.2 Å². The highest BCUT2D eigenvalue weighted by Gasteiger charge is 2.22. The summed E-state index contributed by atoms with van der Waals surface area (Å²) in [5, 5.41) is 5.28. The third-order valence-corrected chi connectivity index (χ3v) is 1.86. The fourth-order valence-electron chi connectivity index (χ4n) is 1.15. The Balaban J connectivity index is 2.36. The first-order valence-electron chi connectivity index (χ1n) is 3.92. The van der Waals surface area contributed by atoms with Crippen LogP contribution in [0.15, 0.2) is 12.7 Å². The minimum absolute atomic E-state index is 0.0612. The SMILES string of the molecule is C=CC(=O)NC(=O)[C@H]1CCNC1. The maximum absolute atomic E-state index is 11.2. The number of hydrogen-bond acceptors (Lipinski definition) is 3. The minimum atomic E-state index is -0.424. The third kappa shape index (κ3) is 2.17. The molecule has 1 rings (SSSR count). The Bertz CT molecular complexity index is 207. The summed E-state index contributed by atoms with van der Waals surface area (Å²) in [6, 6.07) is 0. The lowest BCUT2D eigenvalue weighted by molar-refractivity contribution is -0.130. The Kier molecular flexibility index (Phi) is 2.99. The molecule has 1 aliphatic rings. The summed E-state index contributed by atoms with van der Waals surface area (Å²) in [6.45, 7) is 4.77. The van der Waals surface area contributed by atoms with E-state index in [4.69, 9.17) is 0 Å². The number of rotatable bonds is 2. The molecule has 1 atom stereocenters. The van der Waals surface area contributed by atoms with Gasteiger partial charge in [-0.15, -0.1) is 0 Å². The van der Waals surface area contributed by atoms with Crippen LogP contribution < -0.4 is 10.6 Å². The molecule has 1 saturated heterocycles. The molecule has 2 amide bonds. The molecule has 0 radical (unpaired) electrons. The first kappa shape index (κ1) is 8.93. The first-order valence-corrected chi connectivity index (χ1v) is 3.92. The van der Waals surface area contributed by atoms with Gasteiger partial charge in [0.25, 0.3) is 0 Å². The molecule has 0 aromatic rings. The molecule has 0 aromatic heterocycles. The summed E-state index contributed by atoms with van der Waals surface area (Å²) < 4.78 is 0. The molecule has 2 N–H and O–H groups in total. The summed E-state index contributed by atoms with van der Waals surface area (Å²) in [5.41, 5.74) is 0. The fraction of sp³-hybridized carbons (Fsp3) is 0.500. The second-order valence-corrected chi connectivity index (χ2v) is 2.75. The molecule has 4 nitrogen and oxygen atoms in total. The molecule has 0 bridgehead atoms. The van der Waals surface area contributed by atoms with Gasteiger partial charge < -0.3 is 5.32 Å². The van der Waals surface area contributed by atoms with Crippen LogP contribution in [-0.2, 0) is 9.59 Å². The number of nitrogens with one attached hydrogen (secondary N) is 2. The van der Waals surface area contributed by atoms with Crippen molar-refractivity contribution in [3.8, 4) is 0 Å². The predicted molar refractivity (Wildman–Crippen MR) is 44.3 cm³/mol. The van der Waals surface area contributed by atoms with Crippen LogP contribution in [0.4, 0.5) is 0 Å². The van der Waals surface area contributed by atoms with Gasteiger partial charge in [0.15, 0.2) is 0 Å². The van der Waals surface area contributed by atoms with Crippen LogP contribution in [-0.4, -0.2) is 24.9 Å². The van der Waals surface area contributed by atoms with E-state index in [0.29, 0.717) is 6.54 Å². The Morgan fingerprint density at radius 2 is 2.33 bits per heavy atom. The van der Waals surface area contributed by atoms with E-state index in [1.165, 1.54) is 0 Å². The summed E-state index contributed by atoms with van der Waals surface area (Å²) in [7, 11) is 0. The highest BCUT2D eigenvalue weighted by Crippen LogP contribution is 2.06. The molecule has 66 valence electrons. The minimum Gasteiger partial charge on any atom is -0.316 e. The second-order valence-electron chi connectivity index (χ2n) is 2.75. The van der Waals surface area contributed by atoms with Crippen molar-refractivity contribution < 1.29 is 9.59 Å². The van der Waals surface area contributed by atoms with Crippen LogP contribution in [0.1, 0.15) is 6.42 Å². The Labute approximate surface area is 71.0 Å². The highest BCUT2D eigenvalue weighted by atomic mass is 16.2. The fourth-order valence-corrected chi connectivity index (χ4v) is 1.15. The van der Waals surface area contributed by atoms with Crippen LogP contribution in [0.3, 0.4) is 0 Å². The van der Waals surface area contributed by atoms with Crippen molar-refractivity contribution >= 4 is 11.8 Å². The van der Waals surface area contributed by atoms with Crippen molar-refractivity contribution in [2.45, 2.75) is 6.42 Å². The zero-order chi connectivity index (χ0) is 8.97. The lowest BCUT2D eigenvalue weighted by Crippen LogP contribution is -2.35. The normalized spacial score (nSPS) is 21.8. The van der Waals surface area contributed by atoms with Crippen molar-refractivity contribution in [1.82, 2.24) is 10.6 Å². The topological polar surface area (TPSA) is 58.2 Å². The smallest absolute Gasteiger partial charge is 0.249 e. The summed E-state index contributed by atoms with van der Waals surface area (Å²) in [6.07, 6.45) is 1.90. The maximum atomic E-state index is 11.2. The Morgan fingerprint density at radius 1 is 1.58 bits per heavy atom. The molecule has 1 aliphatic heterocycles. The summed E-state index contributed by atoms with van der Waals surface area (Å²) in [4.78, 5) is 21.9. The first-order chi connectivity index (χ1) is 5.74. The van der Waals surface area contributed by atoms with E-state index in [9.17, 15) is 9.59 Å². The maximum Gasteiger partial charge on any atom is 0.249 e. The van der Waals surface area contributed by atoms with Crippen LogP contribution in [0, 0.1) is 5.92 Å². The number of hydrogen-bond donors (Lipinski definition) is 2. The molecule has 12 heavy (non-hydrogen) atoms. The molecular weight excluding hydrogens is 156 g/mol. The van der Waals surface area contributed by atoms with Gasteiger partial charge in [-0.1, -0.05) is 6.58 Å². The van der Waals surface area contributed by atoms with Crippen molar-refractivity contribution in [1.29, 1.82) is 0 Å². The molecule has 1 fully saturated rings. The molecule has 0 aromatic carbocycles. The van der Waals surface area contributed by atoms with Gasteiger partial charge in [-0.05, 0) is 19.0 Å². The summed E-state index contributed by atoms with van der Waals surface area (Å²) in [5.74, 6) is -0.689. The lowest BCUT2D eigenvalue weighted by Gasteiger charge is -2.05. The molecule has 0 aliphatic carbocycles. The Morgan fingerprint density at radius 3 is 2.83 bits per heavy atom.